The molecule has 5 nitrogen and oxygen atoms in total. The van der Waals surface area contributed by atoms with E-state index in [1.165, 1.54) is 0 Å². The molecule has 0 saturated carbocycles. The van der Waals surface area contributed by atoms with Gasteiger partial charge in [-0.05, 0) is 77.3 Å². The zero-order valence-corrected chi connectivity index (χ0v) is 18.8. The molecular weight excluding hydrogens is 456 g/mol. The van der Waals surface area contributed by atoms with E-state index in [4.69, 9.17) is 14.5 Å². The van der Waals surface area contributed by atoms with Gasteiger partial charge in [-0.3, -0.25) is 9.36 Å². The molecule has 0 unspecified atom stereocenters. The van der Waals surface area contributed by atoms with Crippen molar-refractivity contribution in [2.24, 2.45) is 0 Å². The third-order valence-electron chi connectivity index (χ3n) is 5.08. The second-order valence-corrected chi connectivity index (χ2v) is 7.98. The maximum Gasteiger partial charge on any atom is 0.261 e. The number of ether oxygens (including phenoxy) is 2. The monoisotopic (exact) mass is 478 g/mol. The van der Waals surface area contributed by atoms with Crippen LogP contribution in [-0.2, 0) is 6.54 Å². The molecule has 0 bridgehead atoms. The summed E-state index contributed by atoms with van der Waals surface area (Å²) in [7, 11) is 1.63. The average molecular weight is 479 g/mol. The van der Waals surface area contributed by atoms with Gasteiger partial charge in [0.05, 0.1) is 29.1 Å². The Morgan fingerprint density at radius 2 is 1.68 bits per heavy atom. The molecule has 0 aliphatic heterocycles. The summed E-state index contributed by atoms with van der Waals surface area (Å²) < 4.78 is 13.8. The summed E-state index contributed by atoms with van der Waals surface area (Å²) in [6.45, 7) is 1.15. The van der Waals surface area contributed by atoms with Gasteiger partial charge in [0.15, 0.2) is 0 Å². The molecule has 3 aromatic carbocycles. The van der Waals surface area contributed by atoms with Crippen molar-refractivity contribution < 1.29 is 9.47 Å². The molecule has 0 fully saturated rings. The van der Waals surface area contributed by atoms with Crippen LogP contribution in [-0.4, -0.2) is 23.3 Å². The fraction of sp³-hybridized carbons (Fsp3) is 0.200. The van der Waals surface area contributed by atoms with Crippen molar-refractivity contribution >= 4 is 26.8 Å². The summed E-state index contributed by atoms with van der Waals surface area (Å²) >= 11 is 3.49. The molecule has 0 radical (unpaired) electrons. The number of nitrogens with zero attached hydrogens (tertiary/aromatic N) is 2. The summed E-state index contributed by atoms with van der Waals surface area (Å²) in [4.78, 5) is 18.0. The van der Waals surface area contributed by atoms with Crippen LogP contribution in [0.2, 0.25) is 0 Å². The second-order valence-electron chi connectivity index (χ2n) is 7.12. The first-order valence-electron chi connectivity index (χ1n) is 10.2. The van der Waals surface area contributed by atoms with Crippen LogP contribution in [0.5, 0.6) is 11.5 Å². The van der Waals surface area contributed by atoms with Gasteiger partial charge in [0.25, 0.3) is 5.56 Å². The lowest BCUT2D eigenvalue weighted by Gasteiger charge is -2.14. The Morgan fingerprint density at radius 3 is 2.45 bits per heavy atom. The maximum absolute atomic E-state index is 13.2. The SMILES string of the molecule is COc1ccc(-c2nc3ccccc3c(=O)n2CCCCOc2ccccc2Br)cc1. The van der Waals surface area contributed by atoms with Crippen molar-refractivity contribution in [2.45, 2.75) is 19.4 Å². The molecule has 158 valence electrons. The number of aromatic nitrogens is 2. The predicted octanol–water partition coefficient (Wildman–Crippen LogP) is 5.69. The number of para-hydroxylation sites is 2. The number of fused-ring (bicyclic) bond motifs is 1. The highest BCUT2D eigenvalue weighted by Crippen LogP contribution is 2.24. The molecule has 1 aromatic heterocycles. The minimum absolute atomic E-state index is 0.0249. The van der Waals surface area contributed by atoms with E-state index in [-0.39, 0.29) is 5.56 Å². The number of benzene rings is 3. The first kappa shape index (κ1) is 21.1. The molecule has 0 aliphatic carbocycles. The molecule has 0 aliphatic rings. The zero-order chi connectivity index (χ0) is 21.6. The number of halogens is 1. The van der Waals surface area contributed by atoms with Crippen molar-refractivity contribution in [3.8, 4) is 22.9 Å². The van der Waals surface area contributed by atoms with Gasteiger partial charge in [-0.15, -0.1) is 0 Å². The summed E-state index contributed by atoms with van der Waals surface area (Å²) in [5.41, 5.74) is 1.56. The van der Waals surface area contributed by atoms with E-state index >= 15 is 0 Å². The summed E-state index contributed by atoms with van der Waals surface area (Å²) in [6, 6.07) is 22.9. The normalized spacial score (nSPS) is 10.9. The molecular formula is C25H23BrN2O3. The van der Waals surface area contributed by atoms with Gasteiger partial charge in [-0.2, -0.15) is 0 Å². The van der Waals surface area contributed by atoms with Crippen molar-refractivity contribution in [2.75, 3.05) is 13.7 Å². The largest absolute Gasteiger partial charge is 0.497 e. The zero-order valence-electron chi connectivity index (χ0n) is 17.3. The maximum atomic E-state index is 13.2. The third-order valence-corrected chi connectivity index (χ3v) is 5.74. The number of unbranched alkanes of at least 4 members (excludes halogenated alkanes) is 1. The van der Waals surface area contributed by atoms with E-state index in [1.807, 2.05) is 72.8 Å². The molecule has 0 spiro atoms. The van der Waals surface area contributed by atoms with Crippen molar-refractivity contribution in [3.63, 3.8) is 0 Å². The second kappa shape index (κ2) is 9.79. The smallest absolute Gasteiger partial charge is 0.261 e. The lowest BCUT2D eigenvalue weighted by Crippen LogP contribution is -2.24. The molecule has 4 aromatic rings. The molecule has 0 amide bonds. The summed E-state index contributed by atoms with van der Waals surface area (Å²) in [5, 5.41) is 0.629. The molecule has 0 atom stereocenters. The van der Waals surface area contributed by atoms with E-state index < -0.39 is 0 Å². The Balaban J connectivity index is 1.55. The van der Waals surface area contributed by atoms with Gasteiger partial charge < -0.3 is 9.47 Å². The van der Waals surface area contributed by atoms with Crippen LogP contribution >= 0.6 is 15.9 Å². The quantitative estimate of drug-likeness (QED) is 0.305. The average Bonchev–Trinajstić information content (AvgIpc) is 2.81. The van der Waals surface area contributed by atoms with E-state index in [0.717, 1.165) is 34.4 Å². The van der Waals surface area contributed by atoms with Gasteiger partial charge in [-0.25, -0.2) is 4.98 Å². The first-order chi connectivity index (χ1) is 15.2. The highest BCUT2D eigenvalue weighted by Gasteiger charge is 2.13. The fourth-order valence-electron chi connectivity index (χ4n) is 3.45. The van der Waals surface area contributed by atoms with E-state index in [2.05, 4.69) is 15.9 Å². The first-order valence-corrected chi connectivity index (χ1v) is 11.0. The van der Waals surface area contributed by atoms with E-state index in [1.54, 1.807) is 11.7 Å². The van der Waals surface area contributed by atoms with Gasteiger partial charge in [-0.1, -0.05) is 24.3 Å². The van der Waals surface area contributed by atoms with Crippen LogP contribution in [0.4, 0.5) is 0 Å². The van der Waals surface area contributed by atoms with E-state index in [9.17, 15) is 4.79 Å². The van der Waals surface area contributed by atoms with Gasteiger partial charge >= 0.3 is 0 Å². The van der Waals surface area contributed by atoms with Gasteiger partial charge in [0.1, 0.15) is 17.3 Å². The van der Waals surface area contributed by atoms with Gasteiger partial charge in [0, 0.05) is 12.1 Å². The standard InChI is InChI=1S/C25H23BrN2O3/c1-30-19-14-12-18(13-15-19)24-27-22-10-4-2-8-20(22)25(29)28(24)16-6-7-17-31-23-11-5-3-9-21(23)26/h2-5,8-15H,6-7,16-17H2,1H3. The van der Waals surface area contributed by atoms with Gasteiger partial charge in [0.2, 0.25) is 0 Å². The van der Waals surface area contributed by atoms with Crippen LogP contribution in [0.1, 0.15) is 12.8 Å². The Hall–Kier alpha value is -3.12. The van der Waals surface area contributed by atoms with Crippen molar-refractivity contribution in [1.82, 2.24) is 9.55 Å². The molecule has 31 heavy (non-hydrogen) atoms. The van der Waals surface area contributed by atoms with Crippen molar-refractivity contribution in [1.29, 1.82) is 0 Å². The number of methoxy groups -OCH3 is 1. The third kappa shape index (κ3) is 4.80. The Bertz CT molecular complexity index is 1240. The van der Waals surface area contributed by atoms with Crippen LogP contribution in [0.25, 0.3) is 22.3 Å². The Kier molecular flexibility index (Phi) is 6.67. The topological polar surface area (TPSA) is 53.3 Å². The highest BCUT2D eigenvalue weighted by molar-refractivity contribution is 9.10. The predicted molar refractivity (Wildman–Crippen MR) is 127 cm³/mol. The molecule has 1 heterocycles. The molecule has 6 heteroatoms. The Labute approximate surface area is 189 Å². The molecule has 4 rings (SSSR count). The minimum Gasteiger partial charge on any atom is -0.497 e. The number of hydrogen-bond acceptors (Lipinski definition) is 4. The van der Waals surface area contributed by atoms with Crippen LogP contribution in [0, 0.1) is 0 Å². The lowest BCUT2D eigenvalue weighted by molar-refractivity contribution is 0.301. The van der Waals surface area contributed by atoms with Crippen molar-refractivity contribution in [3.05, 3.63) is 87.6 Å². The molecule has 0 N–H and O–H groups in total. The lowest BCUT2D eigenvalue weighted by atomic mass is 10.1. The molecule has 0 saturated heterocycles. The Morgan fingerprint density at radius 1 is 0.935 bits per heavy atom. The number of rotatable bonds is 8. The van der Waals surface area contributed by atoms with Crippen LogP contribution in [0.3, 0.4) is 0 Å². The van der Waals surface area contributed by atoms with E-state index in [0.29, 0.717) is 29.9 Å². The van der Waals surface area contributed by atoms with Crippen LogP contribution < -0.4 is 15.0 Å². The highest BCUT2D eigenvalue weighted by atomic mass is 79.9. The minimum atomic E-state index is -0.0249. The van der Waals surface area contributed by atoms with Crippen LogP contribution in [0.15, 0.2) is 82.1 Å². The summed E-state index contributed by atoms with van der Waals surface area (Å²) in [6.07, 6.45) is 1.62. The number of hydrogen-bond donors (Lipinski definition) is 0. The fourth-order valence-corrected chi connectivity index (χ4v) is 3.85. The summed E-state index contributed by atoms with van der Waals surface area (Å²) in [5.74, 6) is 2.26.